The summed E-state index contributed by atoms with van der Waals surface area (Å²) in [6.07, 6.45) is 0.520. The first-order valence-electron chi connectivity index (χ1n) is 9.79. The van der Waals surface area contributed by atoms with Gasteiger partial charge in [0.1, 0.15) is 22.9 Å². The number of hydrogen-bond donors (Lipinski definition) is 3. The van der Waals surface area contributed by atoms with Crippen LogP contribution in [0.5, 0.6) is 11.5 Å². The Balaban J connectivity index is 1.72. The van der Waals surface area contributed by atoms with Crippen molar-refractivity contribution in [3.05, 3.63) is 89.7 Å². The van der Waals surface area contributed by atoms with Crippen LogP contribution in [0.1, 0.15) is 34.2 Å². The van der Waals surface area contributed by atoms with E-state index in [9.17, 15) is 9.90 Å². The van der Waals surface area contributed by atoms with Crippen molar-refractivity contribution in [1.29, 1.82) is 0 Å². The van der Waals surface area contributed by atoms with E-state index >= 15 is 0 Å². The zero-order valence-corrected chi connectivity index (χ0v) is 17.0. The number of carbonyl (C=O) groups excluding carboxylic acids is 1. The number of ether oxygens (including phenoxy) is 1. The van der Waals surface area contributed by atoms with Crippen molar-refractivity contribution in [3.8, 4) is 11.5 Å². The number of fused-ring (bicyclic) bond motifs is 1. The molecule has 0 atom stereocenters. The molecule has 3 aromatic carbocycles. The highest BCUT2D eigenvalue weighted by atomic mass is 16.5. The summed E-state index contributed by atoms with van der Waals surface area (Å²) in [5.41, 5.74) is 13.8. The molecular weight excluding hydrogens is 392 g/mol. The number of aryl methyl sites for hydroxylation is 1. The number of phenolic OH excluding ortho intramolecular Hbond substituents is 1. The molecule has 0 saturated carbocycles. The molecule has 0 aliphatic heterocycles. The van der Waals surface area contributed by atoms with Gasteiger partial charge in [0, 0.05) is 29.0 Å². The molecule has 1 aromatic heterocycles. The predicted octanol–water partition coefficient (Wildman–Crippen LogP) is 5.15. The molecular formula is C25H22N2O4. The fourth-order valence-electron chi connectivity index (χ4n) is 3.47. The normalized spacial score (nSPS) is 10.9. The molecule has 0 radical (unpaired) electrons. The van der Waals surface area contributed by atoms with Crippen LogP contribution in [0.15, 0.2) is 71.7 Å². The summed E-state index contributed by atoms with van der Waals surface area (Å²) in [6, 6.07) is 17.7. The number of hydrogen-bond acceptors (Lipinski definition) is 6. The van der Waals surface area contributed by atoms with Crippen LogP contribution in [0.4, 0.5) is 11.4 Å². The molecule has 4 rings (SSSR count). The smallest absolute Gasteiger partial charge is 0.197 e. The zero-order chi connectivity index (χ0) is 22.1. The van der Waals surface area contributed by atoms with E-state index in [4.69, 9.17) is 20.6 Å². The number of benzene rings is 3. The Kier molecular flexibility index (Phi) is 5.13. The monoisotopic (exact) mass is 414 g/mol. The van der Waals surface area contributed by atoms with Crippen molar-refractivity contribution in [3.63, 3.8) is 0 Å². The maximum absolute atomic E-state index is 13.3. The number of carbonyl (C=O) groups is 1. The van der Waals surface area contributed by atoms with E-state index in [1.807, 2.05) is 37.3 Å². The molecule has 156 valence electrons. The number of anilines is 2. The highest BCUT2D eigenvalue weighted by Crippen LogP contribution is 2.35. The quantitative estimate of drug-likeness (QED) is 0.174. The highest BCUT2D eigenvalue weighted by molar-refractivity contribution is 6.17. The molecule has 5 N–H and O–H groups in total. The molecule has 0 amide bonds. The Morgan fingerprint density at radius 3 is 2.35 bits per heavy atom. The predicted molar refractivity (Wildman–Crippen MR) is 122 cm³/mol. The van der Waals surface area contributed by atoms with E-state index in [2.05, 4.69) is 6.58 Å². The van der Waals surface area contributed by atoms with Gasteiger partial charge in [-0.05, 0) is 24.3 Å². The number of furan rings is 1. The third kappa shape index (κ3) is 3.71. The lowest BCUT2D eigenvalue weighted by Crippen LogP contribution is -2.06. The van der Waals surface area contributed by atoms with Crippen molar-refractivity contribution in [2.24, 2.45) is 0 Å². The van der Waals surface area contributed by atoms with Crippen molar-refractivity contribution >= 4 is 33.9 Å². The van der Waals surface area contributed by atoms with Gasteiger partial charge < -0.3 is 25.7 Å². The molecule has 0 bridgehead atoms. The molecule has 0 spiro atoms. The highest BCUT2D eigenvalue weighted by Gasteiger charge is 2.23. The number of ketones is 1. The molecule has 0 fully saturated rings. The Morgan fingerprint density at radius 1 is 1.03 bits per heavy atom. The van der Waals surface area contributed by atoms with Gasteiger partial charge in [-0.2, -0.15) is 0 Å². The van der Waals surface area contributed by atoms with Gasteiger partial charge in [0.25, 0.3) is 0 Å². The van der Waals surface area contributed by atoms with Crippen LogP contribution in [0.25, 0.3) is 16.7 Å². The van der Waals surface area contributed by atoms with Crippen LogP contribution >= 0.6 is 0 Å². The largest absolute Gasteiger partial charge is 0.504 e. The van der Waals surface area contributed by atoms with Gasteiger partial charge in [0.2, 0.25) is 0 Å². The van der Waals surface area contributed by atoms with Gasteiger partial charge in [0.15, 0.2) is 11.5 Å². The van der Waals surface area contributed by atoms with Crippen LogP contribution in [0.3, 0.4) is 0 Å². The lowest BCUT2D eigenvalue weighted by molar-refractivity contribution is 0.103. The fraction of sp³-hybridized carbons (Fsp3) is 0.0800. The van der Waals surface area contributed by atoms with Gasteiger partial charge in [-0.3, -0.25) is 4.79 Å². The number of nitrogens with two attached hydrogens (primary N) is 2. The Bertz CT molecular complexity index is 1280. The minimum Gasteiger partial charge on any atom is -0.504 e. The summed E-state index contributed by atoms with van der Waals surface area (Å²) in [5.74, 6) is 1.09. The maximum atomic E-state index is 13.3. The minimum absolute atomic E-state index is 0.0457. The lowest BCUT2D eigenvalue weighted by Gasteiger charge is -2.09. The second-order valence-corrected chi connectivity index (χ2v) is 7.14. The zero-order valence-electron chi connectivity index (χ0n) is 17.0. The van der Waals surface area contributed by atoms with E-state index in [0.717, 1.165) is 5.56 Å². The molecule has 6 nitrogen and oxygen atoms in total. The van der Waals surface area contributed by atoms with Crippen molar-refractivity contribution in [2.45, 2.75) is 13.3 Å². The second-order valence-electron chi connectivity index (χ2n) is 7.14. The second kappa shape index (κ2) is 7.91. The van der Waals surface area contributed by atoms with Crippen molar-refractivity contribution in [1.82, 2.24) is 0 Å². The molecule has 31 heavy (non-hydrogen) atoms. The third-order valence-electron chi connectivity index (χ3n) is 5.05. The van der Waals surface area contributed by atoms with E-state index in [1.54, 1.807) is 18.2 Å². The first kappa shape index (κ1) is 20.1. The van der Waals surface area contributed by atoms with Crippen LogP contribution < -0.4 is 16.2 Å². The number of aromatic hydroxyl groups is 1. The third-order valence-corrected chi connectivity index (χ3v) is 5.05. The topological polar surface area (TPSA) is 112 Å². The molecule has 0 unspecified atom stereocenters. The van der Waals surface area contributed by atoms with E-state index in [0.29, 0.717) is 40.2 Å². The van der Waals surface area contributed by atoms with Gasteiger partial charge in [-0.15, -0.1) is 0 Å². The number of rotatable bonds is 6. The molecule has 1 heterocycles. The Labute approximate surface area is 179 Å². The van der Waals surface area contributed by atoms with Gasteiger partial charge >= 0.3 is 0 Å². The summed E-state index contributed by atoms with van der Waals surface area (Å²) in [6.45, 7) is 5.89. The van der Waals surface area contributed by atoms with Gasteiger partial charge in [-0.25, -0.2) is 0 Å². The lowest BCUT2D eigenvalue weighted by atomic mass is 9.98. The summed E-state index contributed by atoms with van der Waals surface area (Å²) in [5, 5.41) is 10.5. The first-order valence-corrected chi connectivity index (χ1v) is 9.79. The number of phenols is 1. The van der Waals surface area contributed by atoms with Crippen LogP contribution in [0, 0.1) is 0 Å². The van der Waals surface area contributed by atoms with Crippen molar-refractivity contribution < 1.29 is 19.1 Å². The van der Waals surface area contributed by atoms with Gasteiger partial charge in [0.05, 0.1) is 16.9 Å². The van der Waals surface area contributed by atoms with Gasteiger partial charge in [-0.1, -0.05) is 43.8 Å². The van der Waals surface area contributed by atoms with Crippen LogP contribution in [-0.2, 0) is 6.42 Å². The summed E-state index contributed by atoms with van der Waals surface area (Å²) in [4.78, 5) is 13.3. The molecule has 0 saturated heterocycles. The Morgan fingerprint density at radius 2 is 1.71 bits per heavy atom. The first-order chi connectivity index (χ1) is 14.9. The molecule has 0 aliphatic carbocycles. The molecule has 6 heteroatoms. The number of nitrogen functional groups attached to an aromatic ring is 2. The molecule has 0 aliphatic rings. The summed E-state index contributed by atoms with van der Waals surface area (Å²) >= 11 is 0. The molecule has 4 aromatic rings. The standard InChI is InChI=1S/C25H22N2O4/c1-3-21-23(24(28)16-11-19(26)25(29)20(27)12-16)18-10-9-17(13-22(18)31-21)30-14(2)15-7-5-4-6-8-15/h4-13,29H,2-3,26-27H2,1H3. The van der Waals surface area contributed by atoms with Crippen LogP contribution in [-0.4, -0.2) is 10.9 Å². The van der Waals surface area contributed by atoms with E-state index < -0.39 is 0 Å². The minimum atomic E-state index is -0.281. The van der Waals surface area contributed by atoms with E-state index in [-0.39, 0.29) is 28.5 Å². The Hall–Kier alpha value is -4.19. The maximum Gasteiger partial charge on any atom is 0.197 e. The van der Waals surface area contributed by atoms with Crippen LogP contribution in [0.2, 0.25) is 0 Å². The average molecular weight is 414 g/mol. The summed E-state index contributed by atoms with van der Waals surface area (Å²) < 4.78 is 11.8. The van der Waals surface area contributed by atoms with E-state index in [1.165, 1.54) is 12.1 Å². The fourth-order valence-corrected chi connectivity index (χ4v) is 3.47. The SMILES string of the molecule is C=C(Oc1ccc2c(C(=O)c3cc(N)c(O)c(N)c3)c(CC)oc2c1)c1ccccc1. The average Bonchev–Trinajstić information content (AvgIpc) is 3.15. The van der Waals surface area contributed by atoms with Crippen molar-refractivity contribution in [2.75, 3.05) is 11.5 Å². The summed E-state index contributed by atoms with van der Waals surface area (Å²) in [7, 11) is 0.